The lowest BCUT2D eigenvalue weighted by Crippen LogP contribution is -2.42. The summed E-state index contributed by atoms with van der Waals surface area (Å²) >= 11 is 1.71. The number of thiophene rings is 1. The summed E-state index contributed by atoms with van der Waals surface area (Å²) in [5.41, 5.74) is 2.74. The number of nitrogens with one attached hydrogen (secondary N) is 1. The van der Waals surface area contributed by atoms with E-state index in [0.717, 1.165) is 48.3 Å². The molecule has 1 aliphatic carbocycles. The minimum Gasteiger partial charge on any atom is -0.312 e. The Morgan fingerprint density at radius 3 is 2.52 bits per heavy atom. The Morgan fingerprint density at radius 2 is 1.76 bits per heavy atom. The highest BCUT2D eigenvalue weighted by molar-refractivity contribution is 7.12. The molecule has 0 radical (unpaired) electrons. The van der Waals surface area contributed by atoms with Crippen molar-refractivity contribution in [2.45, 2.75) is 44.3 Å². The molecule has 0 bridgehead atoms. The number of nitrogens with zero attached hydrogens (tertiary/aromatic N) is 1. The van der Waals surface area contributed by atoms with E-state index in [1.807, 2.05) is 0 Å². The molecular formula is C25H22F4N2OS. The second-order valence-electron chi connectivity index (χ2n) is 8.46. The standard InChI is InChI=1S/C25H22F4N2OS/c26-17-10-8-15(9-11-17)22-23-20(19-6-1-2-7-21(19)33-23)12-13-31(22)24(32)30-18-5-3-4-16(14-18)25(27,28)29/h3-5,8-11,14,22H,1-2,6-7,12-13H2,(H,30,32). The number of anilines is 1. The molecule has 5 rings (SSSR count). The summed E-state index contributed by atoms with van der Waals surface area (Å²) in [6, 6.07) is 9.86. The van der Waals surface area contributed by atoms with Gasteiger partial charge in [0.15, 0.2) is 0 Å². The molecule has 2 heterocycles. The van der Waals surface area contributed by atoms with Gasteiger partial charge in [-0.25, -0.2) is 9.18 Å². The first kappa shape index (κ1) is 21.9. The Hall–Kier alpha value is -2.87. The van der Waals surface area contributed by atoms with Gasteiger partial charge >= 0.3 is 12.2 Å². The number of carbonyl (C=O) groups excluding carboxylic acids is 1. The zero-order valence-electron chi connectivity index (χ0n) is 17.7. The van der Waals surface area contributed by atoms with Crippen LogP contribution in [0.3, 0.4) is 0 Å². The molecule has 3 nitrogen and oxygen atoms in total. The van der Waals surface area contributed by atoms with Crippen molar-refractivity contribution in [1.82, 2.24) is 4.90 Å². The molecule has 0 saturated carbocycles. The summed E-state index contributed by atoms with van der Waals surface area (Å²) < 4.78 is 52.9. The minimum absolute atomic E-state index is 0.0870. The van der Waals surface area contributed by atoms with Gasteiger partial charge in [-0.1, -0.05) is 18.2 Å². The summed E-state index contributed by atoms with van der Waals surface area (Å²) in [5.74, 6) is -0.361. The first-order valence-electron chi connectivity index (χ1n) is 10.9. The second kappa shape index (κ2) is 8.48. The molecule has 2 aromatic carbocycles. The predicted molar refractivity (Wildman–Crippen MR) is 120 cm³/mol. The Kier molecular flexibility index (Phi) is 5.64. The van der Waals surface area contributed by atoms with E-state index in [1.54, 1.807) is 28.4 Å². The van der Waals surface area contributed by atoms with Crippen LogP contribution >= 0.6 is 11.3 Å². The first-order chi connectivity index (χ1) is 15.8. The molecule has 1 aromatic heterocycles. The van der Waals surface area contributed by atoms with Gasteiger partial charge in [0.1, 0.15) is 5.82 Å². The maximum atomic E-state index is 13.6. The average Bonchev–Trinajstić information content (AvgIpc) is 3.17. The summed E-state index contributed by atoms with van der Waals surface area (Å²) in [6.45, 7) is 0.434. The van der Waals surface area contributed by atoms with Crippen molar-refractivity contribution in [1.29, 1.82) is 0 Å². The van der Waals surface area contributed by atoms with Crippen LogP contribution in [-0.2, 0) is 25.4 Å². The Balaban J connectivity index is 1.50. The number of amides is 2. The molecule has 0 fully saturated rings. The lowest BCUT2D eigenvalue weighted by molar-refractivity contribution is -0.137. The van der Waals surface area contributed by atoms with Crippen molar-refractivity contribution < 1.29 is 22.4 Å². The molecule has 172 valence electrons. The zero-order chi connectivity index (χ0) is 23.2. The van der Waals surface area contributed by atoms with Crippen molar-refractivity contribution >= 4 is 23.1 Å². The van der Waals surface area contributed by atoms with E-state index < -0.39 is 23.8 Å². The zero-order valence-corrected chi connectivity index (χ0v) is 18.5. The van der Waals surface area contributed by atoms with Crippen LogP contribution in [0.4, 0.5) is 28.0 Å². The number of halogens is 4. The predicted octanol–water partition coefficient (Wildman–Crippen LogP) is 6.96. The van der Waals surface area contributed by atoms with Crippen LogP contribution in [-0.4, -0.2) is 17.5 Å². The van der Waals surface area contributed by atoms with Crippen LogP contribution in [0, 0.1) is 5.82 Å². The van der Waals surface area contributed by atoms with Gasteiger partial charge in [0.2, 0.25) is 0 Å². The van der Waals surface area contributed by atoms with Crippen molar-refractivity contribution in [3.8, 4) is 0 Å². The maximum Gasteiger partial charge on any atom is 0.416 e. The van der Waals surface area contributed by atoms with Gasteiger partial charge in [0.25, 0.3) is 0 Å². The molecule has 1 aliphatic heterocycles. The van der Waals surface area contributed by atoms with Gasteiger partial charge in [-0.05, 0) is 79.1 Å². The van der Waals surface area contributed by atoms with E-state index in [-0.39, 0.29) is 11.5 Å². The van der Waals surface area contributed by atoms with Crippen molar-refractivity contribution in [2.75, 3.05) is 11.9 Å². The summed E-state index contributed by atoms with van der Waals surface area (Å²) in [6.07, 6.45) is 0.570. The van der Waals surface area contributed by atoms with E-state index in [2.05, 4.69) is 5.32 Å². The molecule has 2 aliphatic rings. The van der Waals surface area contributed by atoms with Gasteiger partial charge in [-0.3, -0.25) is 0 Å². The molecule has 3 aromatic rings. The van der Waals surface area contributed by atoms with Crippen LogP contribution in [0.15, 0.2) is 48.5 Å². The average molecular weight is 475 g/mol. The van der Waals surface area contributed by atoms with Gasteiger partial charge < -0.3 is 10.2 Å². The maximum absolute atomic E-state index is 13.6. The van der Waals surface area contributed by atoms with E-state index in [4.69, 9.17) is 0 Å². The second-order valence-corrected chi connectivity index (χ2v) is 9.60. The highest BCUT2D eigenvalue weighted by atomic mass is 32.1. The highest BCUT2D eigenvalue weighted by Crippen LogP contribution is 2.45. The van der Waals surface area contributed by atoms with Gasteiger partial charge in [0.05, 0.1) is 11.6 Å². The summed E-state index contributed by atoms with van der Waals surface area (Å²) in [7, 11) is 0. The van der Waals surface area contributed by atoms with Crippen LogP contribution in [0.2, 0.25) is 0 Å². The smallest absolute Gasteiger partial charge is 0.312 e. The van der Waals surface area contributed by atoms with Crippen LogP contribution < -0.4 is 5.32 Å². The van der Waals surface area contributed by atoms with E-state index >= 15 is 0 Å². The lowest BCUT2D eigenvalue weighted by Gasteiger charge is -2.36. The third kappa shape index (κ3) is 4.24. The lowest BCUT2D eigenvalue weighted by atomic mass is 9.88. The number of hydrogen-bond acceptors (Lipinski definition) is 2. The normalized spacial score (nSPS) is 17.9. The molecule has 0 saturated heterocycles. The van der Waals surface area contributed by atoms with E-state index in [9.17, 15) is 22.4 Å². The van der Waals surface area contributed by atoms with E-state index in [1.165, 1.54) is 40.3 Å². The molecule has 2 amide bonds. The number of alkyl halides is 3. The van der Waals surface area contributed by atoms with E-state index in [0.29, 0.717) is 13.0 Å². The number of fused-ring (bicyclic) bond motifs is 3. The monoisotopic (exact) mass is 474 g/mol. The van der Waals surface area contributed by atoms with Crippen molar-refractivity contribution in [2.24, 2.45) is 0 Å². The minimum atomic E-state index is -4.49. The van der Waals surface area contributed by atoms with Crippen LogP contribution in [0.1, 0.15) is 50.9 Å². The SMILES string of the molecule is O=C(Nc1cccc(C(F)(F)F)c1)N1CCc2c(sc3c2CCCC3)C1c1ccc(F)cc1. The fourth-order valence-corrected chi connectivity index (χ4v) is 6.40. The molecule has 1 N–H and O–H groups in total. The molecule has 1 atom stereocenters. The number of benzene rings is 2. The quantitative estimate of drug-likeness (QED) is 0.400. The van der Waals surface area contributed by atoms with Gasteiger partial charge in [-0.2, -0.15) is 13.2 Å². The van der Waals surface area contributed by atoms with Crippen molar-refractivity contribution in [3.05, 3.63) is 86.4 Å². The number of carbonyl (C=O) groups is 1. The fourth-order valence-electron chi connectivity index (χ4n) is 4.81. The molecular weight excluding hydrogens is 452 g/mol. The Labute approximate surface area is 193 Å². The number of hydrogen-bond donors (Lipinski definition) is 1. The third-order valence-corrected chi connectivity index (χ3v) is 7.75. The fraction of sp³-hybridized carbons (Fsp3) is 0.320. The number of rotatable bonds is 2. The largest absolute Gasteiger partial charge is 0.416 e. The number of aryl methyl sites for hydroxylation is 1. The molecule has 33 heavy (non-hydrogen) atoms. The number of urea groups is 1. The van der Waals surface area contributed by atoms with Crippen LogP contribution in [0.25, 0.3) is 0 Å². The Bertz CT molecular complexity index is 1190. The van der Waals surface area contributed by atoms with Crippen molar-refractivity contribution in [3.63, 3.8) is 0 Å². The third-order valence-electron chi connectivity index (χ3n) is 6.36. The molecule has 8 heteroatoms. The summed E-state index contributed by atoms with van der Waals surface area (Å²) in [5, 5.41) is 2.65. The van der Waals surface area contributed by atoms with Gasteiger partial charge in [0, 0.05) is 22.0 Å². The molecule has 0 spiro atoms. The highest BCUT2D eigenvalue weighted by Gasteiger charge is 2.37. The summed E-state index contributed by atoms with van der Waals surface area (Å²) in [4.78, 5) is 17.4. The first-order valence-corrected chi connectivity index (χ1v) is 11.8. The topological polar surface area (TPSA) is 32.3 Å². The van der Waals surface area contributed by atoms with Gasteiger partial charge in [-0.15, -0.1) is 11.3 Å². The van der Waals surface area contributed by atoms with Crippen LogP contribution in [0.5, 0.6) is 0 Å². The molecule has 1 unspecified atom stereocenters. The Morgan fingerprint density at radius 1 is 1.00 bits per heavy atom.